The molecule has 0 fully saturated rings. The van der Waals surface area contributed by atoms with Crippen molar-refractivity contribution in [2.45, 2.75) is 13.5 Å². The van der Waals surface area contributed by atoms with Crippen LogP contribution in [0.5, 0.6) is 0 Å². The monoisotopic (exact) mass is 542 g/mol. The van der Waals surface area contributed by atoms with Crippen molar-refractivity contribution in [3.8, 4) is 23.6 Å². The second kappa shape index (κ2) is 12.5. The fraction of sp³-hybridized carbons (Fsp3) is 0.208. The van der Waals surface area contributed by atoms with Gasteiger partial charge in [-0.25, -0.2) is 9.98 Å². The Balaban J connectivity index is 0.00000363. The van der Waals surface area contributed by atoms with Crippen LogP contribution in [0.2, 0.25) is 0 Å². The maximum atomic E-state index is 12.3. The van der Waals surface area contributed by atoms with Crippen LogP contribution in [0.15, 0.2) is 65.8 Å². The number of nitrogens with zero attached hydrogens (tertiary/aromatic N) is 3. The number of terminal acetylenes is 1. The van der Waals surface area contributed by atoms with Crippen molar-refractivity contribution in [3.63, 3.8) is 0 Å². The second-order valence-corrected chi connectivity index (χ2v) is 6.91. The van der Waals surface area contributed by atoms with E-state index in [1.165, 1.54) is 0 Å². The number of H-pyrrole nitrogens is 1. The van der Waals surface area contributed by atoms with Crippen molar-refractivity contribution in [3.05, 3.63) is 72.2 Å². The number of rotatable bonds is 7. The van der Waals surface area contributed by atoms with Crippen LogP contribution in [-0.4, -0.2) is 46.9 Å². The summed E-state index contributed by atoms with van der Waals surface area (Å²) in [5, 5.41) is 6.02. The van der Waals surface area contributed by atoms with Gasteiger partial charge >= 0.3 is 0 Å². The van der Waals surface area contributed by atoms with Crippen molar-refractivity contribution >= 4 is 41.5 Å². The third-order valence-corrected chi connectivity index (χ3v) is 4.48. The largest absolute Gasteiger partial charge is 0.357 e. The van der Waals surface area contributed by atoms with Crippen LogP contribution >= 0.6 is 24.0 Å². The van der Waals surface area contributed by atoms with Gasteiger partial charge in [-0.3, -0.25) is 4.79 Å². The Morgan fingerprint density at radius 1 is 1.22 bits per heavy atom. The van der Waals surface area contributed by atoms with E-state index in [2.05, 4.69) is 31.5 Å². The Bertz CT molecular complexity index is 1090. The minimum absolute atomic E-state index is 0. The number of hydrogen-bond donors (Lipinski definition) is 3. The molecule has 0 saturated carbocycles. The first kappa shape index (κ1) is 24.9. The molecule has 0 aliphatic heterocycles. The SMILES string of the molecule is C#Cc1cccc(NC(=O)CN=C(NCC)N(C)Cc2ncc(-c3ccccc3)[nH]2)c1.I. The average Bonchev–Trinajstić information content (AvgIpc) is 3.25. The van der Waals surface area contributed by atoms with Crippen LogP contribution < -0.4 is 10.6 Å². The van der Waals surface area contributed by atoms with Crippen molar-refractivity contribution < 1.29 is 4.79 Å². The summed E-state index contributed by atoms with van der Waals surface area (Å²) in [6.45, 7) is 3.17. The van der Waals surface area contributed by atoms with Crippen LogP contribution in [0.25, 0.3) is 11.3 Å². The van der Waals surface area contributed by atoms with Gasteiger partial charge in [-0.15, -0.1) is 30.4 Å². The Morgan fingerprint density at radius 2 is 2.00 bits per heavy atom. The van der Waals surface area contributed by atoms with Crippen LogP contribution in [0.4, 0.5) is 5.69 Å². The van der Waals surface area contributed by atoms with Gasteiger partial charge < -0.3 is 20.5 Å². The molecule has 0 atom stereocenters. The lowest BCUT2D eigenvalue weighted by atomic mass is 10.2. The molecule has 0 aliphatic carbocycles. The maximum absolute atomic E-state index is 12.3. The summed E-state index contributed by atoms with van der Waals surface area (Å²) in [6, 6.07) is 17.2. The van der Waals surface area contributed by atoms with E-state index in [0.29, 0.717) is 30.3 Å². The third kappa shape index (κ3) is 7.13. The van der Waals surface area contributed by atoms with E-state index in [4.69, 9.17) is 6.42 Å². The topological polar surface area (TPSA) is 85.4 Å². The molecule has 0 radical (unpaired) electrons. The van der Waals surface area contributed by atoms with E-state index in [0.717, 1.165) is 17.1 Å². The lowest BCUT2D eigenvalue weighted by molar-refractivity contribution is -0.114. The second-order valence-electron chi connectivity index (χ2n) is 6.91. The van der Waals surface area contributed by atoms with Gasteiger partial charge in [0.15, 0.2) is 5.96 Å². The van der Waals surface area contributed by atoms with Crippen LogP contribution in [0.1, 0.15) is 18.3 Å². The number of amides is 1. The molecule has 1 aromatic heterocycles. The molecule has 3 aromatic rings. The molecule has 0 spiro atoms. The average molecular weight is 542 g/mol. The Hall–Kier alpha value is -3.32. The number of aromatic nitrogens is 2. The molecule has 3 rings (SSSR count). The molecule has 7 nitrogen and oxygen atoms in total. The lowest BCUT2D eigenvalue weighted by Gasteiger charge is -2.21. The molecule has 0 aliphatic rings. The van der Waals surface area contributed by atoms with E-state index >= 15 is 0 Å². The number of benzene rings is 2. The summed E-state index contributed by atoms with van der Waals surface area (Å²) in [5.41, 5.74) is 3.40. The van der Waals surface area contributed by atoms with Crippen LogP contribution in [0.3, 0.4) is 0 Å². The predicted molar refractivity (Wildman–Crippen MR) is 140 cm³/mol. The smallest absolute Gasteiger partial charge is 0.246 e. The first-order chi connectivity index (χ1) is 15.1. The summed E-state index contributed by atoms with van der Waals surface area (Å²) < 4.78 is 0. The molecule has 0 saturated heterocycles. The van der Waals surface area contributed by atoms with Gasteiger partial charge in [0.1, 0.15) is 12.4 Å². The first-order valence-corrected chi connectivity index (χ1v) is 10.0. The van der Waals surface area contributed by atoms with Gasteiger partial charge in [0.2, 0.25) is 5.91 Å². The molecule has 1 amide bonds. The fourth-order valence-corrected chi connectivity index (χ4v) is 3.01. The molecule has 8 heteroatoms. The maximum Gasteiger partial charge on any atom is 0.246 e. The molecule has 166 valence electrons. The minimum atomic E-state index is -0.220. The van der Waals surface area contributed by atoms with E-state index in [1.807, 2.05) is 61.5 Å². The zero-order valence-electron chi connectivity index (χ0n) is 18.1. The van der Waals surface area contributed by atoms with E-state index in [-0.39, 0.29) is 36.4 Å². The van der Waals surface area contributed by atoms with Crippen LogP contribution in [0, 0.1) is 12.3 Å². The van der Waals surface area contributed by atoms with Gasteiger partial charge in [-0.05, 0) is 30.7 Å². The normalized spacial score (nSPS) is 10.6. The van der Waals surface area contributed by atoms with Gasteiger partial charge in [-0.1, -0.05) is 42.3 Å². The molecule has 2 aromatic carbocycles. The molecule has 0 bridgehead atoms. The highest BCUT2D eigenvalue weighted by Crippen LogP contribution is 2.16. The predicted octanol–water partition coefficient (Wildman–Crippen LogP) is 3.71. The number of aromatic amines is 1. The zero-order chi connectivity index (χ0) is 22.1. The lowest BCUT2D eigenvalue weighted by Crippen LogP contribution is -2.39. The van der Waals surface area contributed by atoms with Gasteiger partial charge in [0, 0.05) is 24.8 Å². The number of guanidine groups is 1. The molecule has 32 heavy (non-hydrogen) atoms. The third-order valence-electron chi connectivity index (χ3n) is 4.48. The van der Waals surface area contributed by atoms with Crippen molar-refractivity contribution in [2.75, 3.05) is 25.5 Å². The van der Waals surface area contributed by atoms with Gasteiger partial charge in [-0.2, -0.15) is 0 Å². The summed E-state index contributed by atoms with van der Waals surface area (Å²) in [4.78, 5) is 26.5. The molecule has 3 N–H and O–H groups in total. The Labute approximate surface area is 205 Å². The summed E-state index contributed by atoms with van der Waals surface area (Å²) in [6.07, 6.45) is 7.23. The number of aliphatic imine (C=N–C) groups is 1. The highest BCUT2D eigenvalue weighted by molar-refractivity contribution is 14.0. The Kier molecular flexibility index (Phi) is 9.76. The van der Waals surface area contributed by atoms with Crippen molar-refractivity contribution in [1.29, 1.82) is 0 Å². The van der Waals surface area contributed by atoms with E-state index in [1.54, 1.807) is 18.2 Å². The highest BCUT2D eigenvalue weighted by atomic mass is 127. The molecular formula is C24H27IN6O. The van der Waals surface area contributed by atoms with E-state index < -0.39 is 0 Å². The highest BCUT2D eigenvalue weighted by Gasteiger charge is 2.11. The quantitative estimate of drug-likeness (QED) is 0.184. The summed E-state index contributed by atoms with van der Waals surface area (Å²) in [5.74, 6) is 3.76. The molecule has 1 heterocycles. The number of nitrogens with one attached hydrogen (secondary N) is 3. The van der Waals surface area contributed by atoms with Gasteiger partial charge in [0.25, 0.3) is 0 Å². The number of hydrogen-bond acceptors (Lipinski definition) is 3. The van der Waals surface area contributed by atoms with Crippen LogP contribution in [-0.2, 0) is 11.3 Å². The minimum Gasteiger partial charge on any atom is -0.357 e. The standard InChI is InChI=1S/C24H26N6O.HI/c1-4-18-10-9-13-20(14-18)28-23(31)16-27-24(25-5-2)30(3)17-22-26-15-21(29-22)19-11-7-6-8-12-19;/h1,6-15H,5,16-17H2,2-3H3,(H,25,27)(H,26,29)(H,28,31);1H. The number of imidazole rings is 1. The Morgan fingerprint density at radius 3 is 2.72 bits per heavy atom. The summed E-state index contributed by atoms with van der Waals surface area (Å²) >= 11 is 0. The molecule has 0 unspecified atom stereocenters. The van der Waals surface area contributed by atoms with Gasteiger partial charge in [0.05, 0.1) is 18.4 Å². The number of halogens is 1. The van der Waals surface area contributed by atoms with Crippen molar-refractivity contribution in [2.24, 2.45) is 4.99 Å². The first-order valence-electron chi connectivity index (χ1n) is 10.0. The number of anilines is 1. The van der Waals surface area contributed by atoms with Crippen molar-refractivity contribution in [1.82, 2.24) is 20.2 Å². The fourth-order valence-electron chi connectivity index (χ4n) is 3.01. The summed E-state index contributed by atoms with van der Waals surface area (Å²) in [7, 11) is 1.90. The number of carbonyl (C=O) groups is 1. The van der Waals surface area contributed by atoms with E-state index in [9.17, 15) is 4.79 Å². The number of carbonyl (C=O) groups excluding carboxylic acids is 1. The molecular weight excluding hydrogens is 515 g/mol. The zero-order valence-corrected chi connectivity index (χ0v) is 20.5.